The molecule has 0 atom stereocenters. The van der Waals surface area contributed by atoms with E-state index >= 15 is 0 Å². The second-order valence-corrected chi connectivity index (χ2v) is 5.48. The fraction of sp³-hybridized carbons (Fsp3) is 0.333. The molecule has 0 radical (unpaired) electrons. The highest BCUT2D eigenvalue weighted by molar-refractivity contribution is 7.89. The van der Waals surface area contributed by atoms with Crippen molar-refractivity contribution in [1.82, 2.24) is 0 Å². The van der Waals surface area contributed by atoms with Gasteiger partial charge in [0.1, 0.15) is 11.6 Å². The van der Waals surface area contributed by atoms with E-state index in [1.807, 2.05) is 0 Å². The van der Waals surface area contributed by atoms with Crippen LogP contribution in [-0.2, 0) is 14.3 Å². The zero-order valence-corrected chi connectivity index (χ0v) is 11.1. The lowest BCUT2D eigenvalue weighted by molar-refractivity contribution is 0.253. The third-order valence-electron chi connectivity index (χ3n) is 2.00. The third kappa shape index (κ3) is 4.19. The largest absolute Gasteiger partial charge is 0.290 e. The van der Waals surface area contributed by atoms with Crippen LogP contribution in [0.5, 0.6) is 0 Å². The Labute approximate surface area is 105 Å². The highest BCUT2D eigenvalue weighted by Crippen LogP contribution is 2.20. The van der Waals surface area contributed by atoms with Gasteiger partial charge in [-0.3, -0.25) is 4.18 Å². The molecule has 0 saturated carbocycles. The molecule has 0 amide bonds. The first-order valence-corrected chi connectivity index (χ1v) is 6.75. The molecular weight excluding hydrogens is 262 g/mol. The van der Waals surface area contributed by atoms with Crippen molar-refractivity contribution >= 4 is 15.7 Å². The summed E-state index contributed by atoms with van der Waals surface area (Å²) in [6.45, 7) is 4.55. The van der Waals surface area contributed by atoms with Crippen LogP contribution in [0, 0.1) is 11.6 Å². The van der Waals surface area contributed by atoms with Crippen LogP contribution in [0.2, 0.25) is 0 Å². The van der Waals surface area contributed by atoms with Crippen molar-refractivity contribution in [3.63, 3.8) is 0 Å². The van der Waals surface area contributed by atoms with Crippen molar-refractivity contribution in [2.75, 3.05) is 0 Å². The van der Waals surface area contributed by atoms with Crippen molar-refractivity contribution in [2.45, 2.75) is 26.9 Å². The van der Waals surface area contributed by atoms with Crippen LogP contribution in [-0.4, -0.2) is 14.5 Å². The van der Waals surface area contributed by atoms with E-state index in [0.717, 1.165) is 11.5 Å². The molecule has 1 aromatic rings. The molecular formula is C12H14F2O3S. The number of rotatable bonds is 4. The van der Waals surface area contributed by atoms with E-state index in [4.69, 9.17) is 4.18 Å². The van der Waals surface area contributed by atoms with E-state index in [9.17, 15) is 17.2 Å². The Kier molecular flexibility index (Phi) is 4.59. The number of hydrogen-bond acceptors (Lipinski definition) is 3. The minimum atomic E-state index is -3.88. The summed E-state index contributed by atoms with van der Waals surface area (Å²) < 4.78 is 53.8. The van der Waals surface area contributed by atoms with E-state index in [1.165, 1.54) is 13.0 Å². The standard InChI is InChI=1S/C12H14F2O3S/c1-8(2)17-18(15,16)7-9(3)11-5-4-10(13)6-12(11)14/h4-8H,1-3H3/b9-7+. The first-order chi connectivity index (χ1) is 8.21. The first kappa shape index (κ1) is 14.8. The minimum Gasteiger partial charge on any atom is -0.264 e. The molecule has 3 nitrogen and oxygen atoms in total. The topological polar surface area (TPSA) is 43.4 Å². The maximum atomic E-state index is 13.4. The molecule has 0 spiro atoms. The van der Waals surface area contributed by atoms with Crippen LogP contribution in [0.4, 0.5) is 8.78 Å². The van der Waals surface area contributed by atoms with Gasteiger partial charge in [-0.05, 0) is 38.5 Å². The highest BCUT2D eigenvalue weighted by Gasteiger charge is 2.13. The predicted octanol–water partition coefficient (Wildman–Crippen LogP) is 3.08. The van der Waals surface area contributed by atoms with Gasteiger partial charge < -0.3 is 0 Å². The maximum Gasteiger partial charge on any atom is 0.290 e. The van der Waals surface area contributed by atoms with E-state index < -0.39 is 27.9 Å². The van der Waals surface area contributed by atoms with Crippen LogP contribution in [0.3, 0.4) is 0 Å². The molecule has 0 aliphatic rings. The summed E-state index contributed by atoms with van der Waals surface area (Å²) in [6, 6.07) is 2.94. The predicted molar refractivity (Wildman–Crippen MR) is 65.1 cm³/mol. The minimum absolute atomic E-state index is 0.0207. The number of benzene rings is 1. The summed E-state index contributed by atoms with van der Waals surface area (Å²) in [6.07, 6.45) is -0.503. The monoisotopic (exact) mass is 276 g/mol. The fourth-order valence-electron chi connectivity index (χ4n) is 1.39. The number of hydrogen-bond donors (Lipinski definition) is 0. The van der Waals surface area contributed by atoms with Crippen molar-refractivity contribution < 1.29 is 21.4 Å². The average Bonchev–Trinajstić information content (AvgIpc) is 2.13. The van der Waals surface area contributed by atoms with Crippen LogP contribution < -0.4 is 0 Å². The molecule has 0 bridgehead atoms. The molecule has 0 aromatic heterocycles. The van der Waals surface area contributed by atoms with Gasteiger partial charge in [0.2, 0.25) is 0 Å². The van der Waals surface area contributed by atoms with Gasteiger partial charge in [-0.2, -0.15) is 8.42 Å². The Bertz CT molecular complexity index is 563. The van der Waals surface area contributed by atoms with Crippen LogP contribution in [0.1, 0.15) is 26.3 Å². The summed E-state index contributed by atoms with van der Waals surface area (Å²) in [5.74, 6) is -1.53. The van der Waals surface area contributed by atoms with Gasteiger partial charge in [0.25, 0.3) is 10.1 Å². The quantitative estimate of drug-likeness (QED) is 0.794. The van der Waals surface area contributed by atoms with Crippen LogP contribution >= 0.6 is 0 Å². The highest BCUT2D eigenvalue weighted by atomic mass is 32.2. The lowest BCUT2D eigenvalue weighted by Gasteiger charge is -2.07. The lowest BCUT2D eigenvalue weighted by atomic mass is 10.1. The SMILES string of the molecule is C/C(=C\S(=O)(=O)OC(C)C)c1ccc(F)cc1F. The Morgan fingerprint density at radius 3 is 2.44 bits per heavy atom. The molecule has 100 valence electrons. The van der Waals surface area contributed by atoms with Gasteiger partial charge in [0.15, 0.2) is 0 Å². The van der Waals surface area contributed by atoms with Gasteiger partial charge in [0.05, 0.1) is 11.5 Å². The fourth-order valence-corrected chi connectivity index (χ4v) is 2.54. The molecule has 6 heteroatoms. The molecule has 0 unspecified atom stereocenters. The third-order valence-corrected chi connectivity index (χ3v) is 3.30. The second-order valence-electron chi connectivity index (χ2n) is 4.06. The van der Waals surface area contributed by atoms with Gasteiger partial charge >= 0.3 is 0 Å². The van der Waals surface area contributed by atoms with Gasteiger partial charge in [-0.25, -0.2) is 8.78 Å². The number of allylic oxidation sites excluding steroid dienone is 1. The average molecular weight is 276 g/mol. The Morgan fingerprint density at radius 1 is 1.33 bits per heavy atom. The number of halogens is 2. The molecule has 1 rings (SSSR count). The van der Waals surface area contributed by atoms with Crippen molar-refractivity contribution in [1.29, 1.82) is 0 Å². The Morgan fingerprint density at radius 2 is 1.94 bits per heavy atom. The second kappa shape index (κ2) is 5.58. The summed E-state index contributed by atoms with van der Waals surface area (Å²) in [5, 5.41) is 0.823. The summed E-state index contributed by atoms with van der Waals surface area (Å²) >= 11 is 0. The molecule has 0 fully saturated rings. The van der Waals surface area contributed by atoms with Crippen molar-refractivity contribution in [3.05, 3.63) is 40.8 Å². The Hall–Kier alpha value is -1.27. The zero-order valence-electron chi connectivity index (χ0n) is 10.3. The van der Waals surface area contributed by atoms with Gasteiger partial charge in [0, 0.05) is 11.6 Å². The Balaban J connectivity index is 3.10. The summed E-state index contributed by atoms with van der Waals surface area (Å²) in [4.78, 5) is 0. The molecule has 1 aromatic carbocycles. The maximum absolute atomic E-state index is 13.4. The van der Waals surface area contributed by atoms with Crippen LogP contribution in [0.25, 0.3) is 5.57 Å². The molecule has 0 heterocycles. The first-order valence-electron chi connectivity index (χ1n) is 5.28. The van der Waals surface area contributed by atoms with E-state index in [-0.39, 0.29) is 11.1 Å². The van der Waals surface area contributed by atoms with E-state index in [1.54, 1.807) is 13.8 Å². The molecule has 18 heavy (non-hydrogen) atoms. The molecule has 0 saturated heterocycles. The lowest BCUT2D eigenvalue weighted by Crippen LogP contribution is -2.09. The molecule has 0 aliphatic carbocycles. The van der Waals surface area contributed by atoms with Crippen LogP contribution in [0.15, 0.2) is 23.6 Å². The smallest absolute Gasteiger partial charge is 0.264 e. The summed E-state index contributed by atoms with van der Waals surface area (Å²) in [7, 11) is -3.88. The molecule has 0 aliphatic heterocycles. The zero-order chi connectivity index (χ0) is 13.9. The summed E-state index contributed by atoms with van der Waals surface area (Å²) in [5.41, 5.74) is 0.167. The van der Waals surface area contributed by atoms with Crippen molar-refractivity contribution in [2.24, 2.45) is 0 Å². The van der Waals surface area contributed by atoms with E-state index in [0.29, 0.717) is 6.07 Å². The van der Waals surface area contributed by atoms with Gasteiger partial charge in [-0.1, -0.05) is 0 Å². The molecule has 0 N–H and O–H groups in total. The van der Waals surface area contributed by atoms with Crippen molar-refractivity contribution in [3.8, 4) is 0 Å². The van der Waals surface area contributed by atoms with E-state index in [2.05, 4.69) is 0 Å². The normalized spacial score (nSPS) is 13.1. The van der Waals surface area contributed by atoms with Gasteiger partial charge in [-0.15, -0.1) is 0 Å².